The molecule has 1 atom stereocenters. The van der Waals surface area contributed by atoms with Crippen molar-refractivity contribution < 1.29 is 4.79 Å². The van der Waals surface area contributed by atoms with Gasteiger partial charge in [-0.25, -0.2) is 0 Å². The Bertz CT molecular complexity index is 200. The SMILES string of the molecule is C[C@H](CN)NC(=O)C1(C)CCNCC1. The normalized spacial score (nSPS) is 22.8. The first kappa shape index (κ1) is 11.5. The average Bonchev–Trinajstić information content (AvgIpc) is 2.18. The predicted octanol–water partition coefficient (Wildman–Crippen LogP) is -0.160. The average molecular weight is 199 g/mol. The first-order chi connectivity index (χ1) is 6.58. The fraction of sp³-hybridized carbons (Fsp3) is 0.900. The predicted molar refractivity (Wildman–Crippen MR) is 56.9 cm³/mol. The topological polar surface area (TPSA) is 67.1 Å². The van der Waals surface area contributed by atoms with Crippen molar-refractivity contribution in [3.05, 3.63) is 0 Å². The molecule has 1 aliphatic rings. The number of carbonyl (C=O) groups excluding carboxylic acids is 1. The molecular weight excluding hydrogens is 178 g/mol. The number of amides is 1. The van der Waals surface area contributed by atoms with Gasteiger partial charge in [-0.1, -0.05) is 6.92 Å². The van der Waals surface area contributed by atoms with E-state index in [0.717, 1.165) is 25.9 Å². The number of hydrogen-bond donors (Lipinski definition) is 3. The Hall–Kier alpha value is -0.610. The summed E-state index contributed by atoms with van der Waals surface area (Å²) in [5.41, 5.74) is 5.27. The number of piperidine rings is 1. The van der Waals surface area contributed by atoms with Crippen LogP contribution in [0.4, 0.5) is 0 Å². The monoisotopic (exact) mass is 199 g/mol. The molecule has 1 saturated heterocycles. The Morgan fingerprint density at radius 3 is 2.64 bits per heavy atom. The second-order valence-corrected chi connectivity index (χ2v) is 4.42. The number of rotatable bonds is 3. The highest BCUT2D eigenvalue weighted by Crippen LogP contribution is 2.27. The maximum Gasteiger partial charge on any atom is 0.226 e. The molecule has 0 aliphatic carbocycles. The molecule has 0 spiro atoms. The van der Waals surface area contributed by atoms with Crippen molar-refractivity contribution in [3.8, 4) is 0 Å². The zero-order chi connectivity index (χ0) is 10.6. The molecule has 4 N–H and O–H groups in total. The Kier molecular flexibility index (Phi) is 3.89. The second-order valence-electron chi connectivity index (χ2n) is 4.42. The molecule has 4 heteroatoms. The third kappa shape index (κ3) is 2.69. The largest absolute Gasteiger partial charge is 0.352 e. The molecule has 0 aromatic rings. The molecule has 1 heterocycles. The minimum absolute atomic E-state index is 0.0780. The van der Waals surface area contributed by atoms with Crippen molar-refractivity contribution >= 4 is 5.91 Å². The third-order valence-electron chi connectivity index (χ3n) is 2.99. The van der Waals surface area contributed by atoms with Crippen LogP contribution in [0.5, 0.6) is 0 Å². The van der Waals surface area contributed by atoms with Gasteiger partial charge in [-0.05, 0) is 32.9 Å². The van der Waals surface area contributed by atoms with Crippen LogP contribution in [0, 0.1) is 5.41 Å². The Morgan fingerprint density at radius 2 is 2.14 bits per heavy atom. The van der Waals surface area contributed by atoms with Gasteiger partial charge in [-0.3, -0.25) is 4.79 Å². The zero-order valence-electron chi connectivity index (χ0n) is 9.10. The molecule has 1 aliphatic heterocycles. The van der Waals surface area contributed by atoms with E-state index in [1.54, 1.807) is 0 Å². The van der Waals surface area contributed by atoms with E-state index in [2.05, 4.69) is 10.6 Å². The van der Waals surface area contributed by atoms with E-state index >= 15 is 0 Å². The van der Waals surface area contributed by atoms with E-state index < -0.39 is 0 Å². The van der Waals surface area contributed by atoms with Crippen LogP contribution in [0.25, 0.3) is 0 Å². The fourth-order valence-electron chi connectivity index (χ4n) is 1.66. The van der Waals surface area contributed by atoms with Crippen LogP contribution in [-0.2, 0) is 4.79 Å². The Morgan fingerprint density at radius 1 is 1.57 bits per heavy atom. The molecule has 1 fully saturated rings. The highest BCUT2D eigenvalue weighted by molar-refractivity contribution is 5.82. The highest BCUT2D eigenvalue weighted by atomic mass is 16.2. The second kappa shape index (κ2) is 4.75. The van der Waals surface area contributed by atoms with Crippen LogP contribution in [-0.4, -0.2) is 31.6 Å². The van der Waals surface area contributed by atoms with Crippen LogP contribution >= 0.6 is 0 Å². The number of nitrogens with one attached hydrogen (secondary N) is 2. The lowest BCUT2D eigenvalue weighted by Gasteiger charge is -2.33. The van der Waals surface area contributed by atoms with Gasteiger partial charge in [0.25, 0.3) is 0 Å². The quantitative estimate of drug-likeness (QED) is 0.591. The first-order valence-electron chi connectivity index (χ1n) is 5.30. The van der Waals surface area contributed by atoms with Crippen molar-refractivity contribution in [3.63, 3.8) is 0 Å². The van der Waals surface area contributed by atoms with Crippen LogP contribution < -0.4 is 16.4 Å². The van der Waals surface area contributed by atoms with E-state index in [1.165, 1.54) is 0 Å². The van der Waals surface area contributed by atoms with E-state index in [4.69, 9.17) is 5.73 Å². The minimum Gasteiger partial charge on any atom is -0.352 e. The van der Waals surface area contributed by atoms with Crippen molar-refractivity contribution in [1.29, 1.82) is 0 Å². The molecule has 1 rings (SSSR count). The summed E-state index contributed by atoms with van der Waals surface area (Å²) in [6, 6.07) is 0.0780. The number of nitrogens with two attached hydrogens (primary N) is 1. The van der Waals surface area contributed by atoms with Crippen LogP contribution in [0.3, 0.4) is 0 Å². The summed E-state index contributed by atoms with van der Waals surface area (Å²) in [5.74, 6) is 0.150. The summed E-state index contributed by atoms with van der Waals surface area (Å²) in [5, 5.41) is 6.21. The van der Waals surface area contributed by atoms with Crippen molar-refractivity contribution in [2.45, 2.75) is 32.7 Å². The number of hydrogen-bond acceptors (Lipinski definition) is 3. The van der Waals surface area contributed by atoms with Crippen molar-refractivity contribution in [2.24, 2.45) is 11.1 Å². The molecule has 82 valence electrons. The van der Waals surface area contributed by atoms with E-state index in [0.29, 0.717) is 6.54 Å². The maximum absolute atomic E-state index is 11.9. The molecular formula is C10H21N3O. The van der Waals surface area contributed by atoms with Crippen molar-refractivity contribution in [1.82, 2.24) is 10.6 Å². The summed E-state index contributed by atoms with van der Waals surface area (Å²) in [6.07, 6.45) is 1.83. The number of carbonyl (C=O) groups is 1. The molecule has 4 nitrogen and oxygen atoms in total. The summed E-state index contributed by atoms with van der Waals surface area (Å²) in [4.78, 5) is 11.9. The lowest BCUT2D eigenvalue weighted by atomic mass is 9.80. The van der Waals surface area contributed by atoms with Gasteiger partial charge in [0.2, 0.25) is 5.91 Å². The fourth-order valence-corrected chi connectivity index (χ4v) is 1.66. The zero-order valence-corrected chi connectivity index (χ0v) is 9.10. The highest BCUT2D eigenvalue weighted by Gasteiger charge is 2.34. The maximum atomic E-state index is 11.9. The summed E-state index contributed by atoms with van der Waals surface area (Å²) in [7, 11) is 0. The van der Waals surface area contributed by atoms with Gasteiger partial charge in [-0.15, -0.1) is 0 Å². The van der Waals surface area contributed by atoms with E-state index in [1.807, 2.05) is 13.8 Å². The Labute approximate surface area is 85.6 Å². The van der Waals surface area contributed by atoms with Gasteiger partial charge in [-0.2, -0.15) is 0 Å². The molecule has 0 saturated carbocycles. The molecule has 1 amide bonds. The summed E-state index contributed by atoms with van der Waals surface area (Å²) >= 11 is 0. The lowest BCUT2D eigenvalue weighted by molar-refractivity contribution is -0.132. The van der Waals surface area contributed by atoms with Crippen LogP contribution in [0.15, 0.2) is 0 Å². The molecule has 0 bridgehead atoms. The lowest BCUT2D eigenvalue weighted by Crippen LogP contribution is -2.49. The summed E-state index contributed by atoms with van der Waals surface area (Å²) < 4.78 is 0. The summed E-state index contributed by atoms with van der Waals surface area (Å²) in [6.45, 7) is 6.33. The first-order valence-corrected chi connectivity index (χ1v) is 5.30. The van der Waals surface area contributed by atoms with Gasteiger partial charge in [0.15, 0.2) is 0 Å². The minimum atomic E-state index is -0.200. The van der Waals surface area contributed by atoms with Gasteiger partial charge >= 0.3 is 0 Å². The molecule has 0 unspecified atom stereocenters. The van der Waals surface area contributed by atoms with Crippen LogP contribution in [0.1, 0.15) is 26.7 Å². The van der Waals surface area contributed by atoms with Gasteiger partial charge in [0.05, 0.1) is 0 Å². The van der Waals surface area contributed by atoms with Gasteiger partial charge in [0, 0.05) is 18.0 Å². The van der Waals surface area contributed by atoms with Gasteiger partial charge in [0.1, 0.15) is 0 Å². The Balaban J connectivity index is 2.49. The molecule has 0 aromatic heterocycles. The van der Waals surface area contributed by atoms with Gasteiger partial charge < -0.3 is 16.4 Å². The van der Waals surface area contributed by atoms with E-state index in [-0.39, 0.29) is 17.4 Å². The van der Waals surface area contributed by atoms with Crippen LogP contribution in [0.2, 0.25) is 0 Å². The molecule has 0 radical (unpaired) electrons. The third-order valence-corrected chi connectivity index (χ3v) is 2.99. The van der Waals surface area contributed by atoms with Crippen molar-refractivity contribution in [2.75, 3.05) is 19.6 Å². The smallest absolute Gasteiger partial charge is 0.226 e. The standard InChI is InChI=1S/C10H21N3O/c1-8(7-11)13-9(14)10(2)3-5-12-6-4-10/h8,12H,3-7,11H2,1-2H3,(H,13,14)/t8-/m1/s1. The molecule has 14 heavy (non-hydrogen) atoms. The molecule has 0 aromatic carbocycles. The van der Waals surface area contributed by atoms with E-state index in [9.17, 15) is 4.79 Å².